The van der Waals surface area contributed by atoms with E-state index >= 15 is 0 Å². The van der Waals surface area contributed by atoms with Crippen molar-refractivity contribution in [3.05, 3.63) is 47.7 Å². The first-order valence-electron chi connectivity index (χ1n) is 8.06. The van der Waals surface area contributed by atoms with Gasteiger partial charge in [0.2, 0.25) is 5.91 Å². The first kappa shape index (κ1) is 16.7. The fraction of sp³-hybridized carbons (Fsp3) is 0.278. The second-order valence-corrected chi connectivity index (χ2v) is 7.00. The first-order chi connectivity index (χ1) is 12.7. The molecule has 0 bridgehead atoms. The number of thioether (sulfide) groups is 1. The lowest BCUT2D eigenvalue weighted by Crippen LogP contribution is -2.43. The van der Waals surface area contributed by atoms with Crippen LogP contribution in [0.3, 0.4) is 0 Å². The Labute approximate surface area is 154 Å². The normalized spacial score (nSPS) is 20.5. The van der Waals surface area contributed by atoms with Gasteiger partial charge in [-0.1, -0.05) is 12.1 Å². The van der Waals surface area contributed by atoms with Crippen LogP contribution in [0.4, 0.5) is 5.82 Å². The summed E-state index contributed by atoms with van der Waals surface area (Å²) in [5.74, 6) is 1.45. The van der Waals surface area contributed by atoms with Crippen LogP contribution in [0.2, 0.25) is 0 Å². The zero-order valence-corrected chi connectivity index (χ0v) is 15.1. The molecule has 2 aromatic rings. The molecule has 26 heavy (non-hydrogen) atoms. The molecule has 1 N–H and O–H groups in total. The van der Waals surface area contributed by atoms with Crippen molar-refractivity contribution in [2.24, 2.45) is 0 Å². The number of carbonyl (C=O) groups is 2. The summed E-state index contributed by atoms with van der Waals surface area (Å²) in [7, 11) is 3.04. The molecule has 2 atom stereocenters. The molecule has 1 saturated heterocycles. The van der Waals surface area contributed by atoms with Gasteiger partial charge in [0.25, 0.3) is 5.91 Å². The van der Waals surface area contributed by atoms with Gasteiger partial charge in [0.1, 0.15) is 17.2 Å². The van der Waals surface area contributed by atoms with Gasteiger partial charge in [-0.2, -0.15) is 0 Å². The fourth-order valence-electron chi connectivity index (χ4n) is 3.34. The number of hydrogen-bond acceptors (Lipinski definition) is 6. The van der Waals surface area contributed by atoms with Crippen molar-refractivity contribution in [2.75, 3.05) is 25.3 Å². The molecule has 134 valence electrons. The fourth-order valence-corrected chi connectivity index (χ4v) is 4.80. The second-order valence-electron chi connectivity index (χ2n) is 5.88. The summed E-state index contributed by atoms with van der Waals surface area (Å²) in [4.78, 5) is 31.5. The van der Waals surface area contributed by atoms with Gasteiger partial charge in [-0.05, 0) is 18.2 Å². The highest BCUT2D eigenvalue weighted by Crippen LogP contribution is 2.52. The van der Waals surface area contributed by atoms with Crippen LogP contribution >= 0.6 is 11.8 Å². The van der Waals surface area contributed by atoms with Crippen LogP contribution in [0.25, 0.3) is 0 Å². The summed E-state index contributed by atoms with van der Waals surface area (Å²) in [6, 6.07) is 8.37. The minimum Gasteiger partial charge on any atom is -0.493 e. The number of pyridine rings is 1. The van der Waals surface area contributed by atoms with E-state index in [0.717, 1.165) is 5.56 Å². The molecule has 2 amide bonds. The van der Waals surface area contributed by atoms with Crippen molar-refractivity contribution in [3.63, 3.8) is 0 Å². The van der Waals surface area contributed by atoms with Gasteiger partial charge in [-0.3, -0.25) is 9.59 Å². The lowest BCUT2D eigenvalue weighted by molar-refractivity contribution is -0.119. The van der Waals surface area contributed by atoms with Gasteiger partial charge in [-0.25, -0.2) is 4.98 Å². The van der Waals surface area contributed by atoms with Crippen LogP contribution < -0.4 is 14.8 Å². The third-order valence-corrected chi connectivity index (χ3v) is 5.82. The van der Waals surface area contributed by atoms with E-state index in [0.29, 0.717) is 28.6 Å². The molecule has 7 nitrogen and oxygen atoms in total. The molecule has 1 aromatic heterocycles. The maximum absolute atomic E-state index is 13.1. The summed E-state index contributed by atoms with van der Waals surface area (Å²) in [6.07, 6.45) is 1.61. The highest BCUT2D eigenvalue weighted by atomic mass is 32.2. The number of nitrogens with zero attached hydrogens (tertiary/aromatic N) is 2. The van der Waals surface area contributed by atoms with Gasteiger partial charge in [0.15, 0.2) is 11.5 Å². The number of hydrogen-bond donors (Lipinski definition) is 1. The van der Waals surface area contributed by atoms with E-state index in [-0.39, 0.29) is 17.2 Å². The standard InChI is InChI=1S/C18H17N3O4S/c1-24-12-7-6-10-14(15(12)25-2)17(23)21-11(9-26-18(10)21)16(22)20-13-5-3-4-8-19-13/h3-8,11,18H,9H2,1-2H3,(H,19,20,22). The van der Waals surface area contributed by atoms with E-state index in [9.17, 15) is 9.59 Å². The number of rotatable bonds is 4. The summed E-state index contributed by atoms with van der Waals surface area (Å²) in [5.41, 5.74) is 1.32. The van der Waals surface area contributed by atoms with E-state index in [1.165, 1.54) is 14.2 Å². The smallest absolute Gasteiger partial charge is 0.260 e. The minimum absolute atomic E-state index is 0.197. The van der Waals surface area contributed by atoms with Crippen LogP contribution in [0, 0.1) is 0 Å². The van der Waals surface area contributed by atoms with E-state index < -0.39 is 6.04 Å². The van der Waals surface area contributed by atoms with Crippen LogP contribution in [0.5, 0.6) is 11.5 Å². The molecule has 3 heterocycles. The quantitative estimate of drug-likeness (QED) is 0.888. The summed E-state index contributed by atoms with van der Waals surface area (Å²) < 4.78 is 10.7. The Morgan fingerprint density at radius 2 is 2.12 bits per heavy atom. The maximum Gasteiger partial charge on any atom is 0.260 e. The molecule has 8 heteroatoms. The van der Waals surface area contributed by atoms with Gasteiger partial charge >= 0.3 is 0 Å². The number of ether oxygens (including phenoxy) is 2. The summed E-state index contributed by atoms with van der Waals surface area (Å²) >= 11 is 1.57. The highest BCUT2D eigenvalue weighted by Gasteiger charge is 2.50. The Bertz CT molecular complexity index is 874. The predicted octanol–water partition coefficient (Wildman–Crippen LogP) is 2.31. The number of anilines is 1. The molecule has 1 aromatic carbocycles. The van der Waals surface area contributed by atoms with Crippen molar-refractivity contribution < 1.29 is 19.1 Å². The van der Waals surface area contributed by atoms with Gasteiger partial charge in [-0.15, -0.1) is 11.8 Å². The van der Waals surface area contributed by atoms with Crippen LogP contribution in [0.1, 0.15) is 21.3 Å². The number of methoxy groups -OCH3 is 2. The SMILES string of the molecule is COc1ccc2c(c1OC)C(=O)N1C(C(=O)Nc3ccccn3)CSC21. The Morgan fingerprint density at radius 3 is 2.81 bits per heavy atom. The van der Waals surface area contributed by atoms with Crippen molar-refractivity contribution in [3.8, 4) is 11.5 Å². The molecule has 2 aliphatic rings. The number of carbonyl (C=O) groups excluding carboxylic acids is 2. The average molecular weight is 371 g/mol. The molecular weight excluding hydrogens is 354 g/mol. The minimum atomic E-state index is -0.567. The summed E-state index contributed by atoms with van der Waals surface area (Å²) in [6.45, 7) is 0. The van der Waals surface area contributed by atoms with Crippen molar-refractivity contribution >= 4 is 29.4 Å². The number of nitrogens with one attached hydrogen (secondary N) is 1. The van der Waals surface area contributed by atoms with Crippen molar-refractivity contribution in [2.45, 2.75) is 11.4 Å². The van der Waals surface area contributed by atoms with Gasteiger partial charge < -0.3 is 19.7 Å². The molecule has 2 aliphatic heterocycles. The zero-order valence-electron chi connectivity index (χ0n) is 14.3. The molecule has 0 spiro atoms. The molecular formula is C18H17N3O4S. The topological polar surface area (TPSA) is 80.8 Å². The highest BCUT2D eigenvalue weighted by molar-refractivity contribution is 7.99. The third kappa shape index (κ3) is 2.48. The lowest BCUT2D eigenvalue weighted by Gasteiger charge is -2.22. The van der Waals surface area contributed by atoms with Crippen molar-refractivity contribution in [1.82, 2.24) is 9.88 Å². The molecule has 4 rings (SSSR count). The zero-order chi connectivity index (χ0) is 18.3. The largest absolute Gasteiger partial charge is 0.493 e. The molecule has 2 unspecified atom stereocenters. The van der Waals surface area contributed by atoms with E-state index in [1.54, 1.807) is 47.1 Å². The molecule has 1 fully saturated rings. The molecule has 0 radical (unpaired) electrons. The lowest BCUT2D eigenvalue weighted by atomic mass is 10.1. The second kappa shape index (κ2) is 6.53. The van der Waals surface area contributed by atoms with Gasteiger partial charge in [0.05, 0.1) is 19.8 Å². The number of fused-ring (bicyclic) bond motifs is 3. The number of aromatic nitrogens is 1. The van der Waals surface area contributed by atoms with E-state index in [1.807, 2.05) is 6.07 Å². The number of benzene rings is 1. The van der Waals surface area contributed by atoms with Gasteiger partial charge in [0, 0.05) is 17.5 Å². The van der Waals surface area contributed by atoms with E-state index in [2.05, 4.69) is 10.3 Å². The molecule has 0 aliphatic carbocycles. The summed E-state index contributed by atoms with van der Waals surface area (Å²) in [5, 5.41) is 2.58. The Hall–Kier alpha value is -2.74. The van der Waals surface area contributed by atoms with Crippen LogP contribution in [-0.4, -0.2) is 47.7 Å². The number of amides is 2. The van der Waals surface area contributed by atoms with E-state index in [4.69, 9.17) is 9.47 Å². The maximum atomic E-state index is 13.1. The first-order valence-corrected chi connectivity index (χ1v) is 9.11. The van der Waals surface area contributed by atoms with Crippen LogP contribution in [0.15, 0.2) is 36.5 Å². The van der Waals surface area contributed by atoms with Crippen molar-refractivity contribution in [1.29, 1.82) is 0 Å². The Kier molecular flexibility index (Phi) is 4.20. The molecule has 0 saturated carbocycles. The predicted molar refractivity (Wildman–Crippen MR) is 97.6 cm³/mol. The third-order valence-electron chi connectivity index (χ3n) is 4.51. The Morgan fingerprint density at radius 1 is 1.27 bits per heavy atom. The Balaban J connectivity index is 1.64. The van der Waals surface area contributed by atoms with Crippen LogP contribution in [-0.2, 0) is 4.79 Å². The average Bonchev–Trinajstić information content (AvgIpc) is 3.22. The monoisotopic (exact) mass is 371 g/mol.